The maximum absolute atomic E-state index is 10.6. The first-order valence-electron chi connectivity index (χ1n) is 8.56. The summed E-state index contributed by atoms with van der Waals surface area (Å²) >= 11 is 0. The molecule has 2 heteroatoms. The first-order valence-corrected chi connectivity index (χ1v) is 8.56. The van der Waals surface area contributed by atoms with Gasteiger partial charge in [0.25, 0.3) is 0 Å². The van der Waals surface area contributed by atoms with Crippen LogP contribution in [0.25, 0.3) is 0 Å². The molecule has 2 nitrogen and oxygen atoms in total. The van der Waals surface area contributed by atoms with Crippen LogP contribution in [0.5, 0.6) is 0 Å². The molecule has 0 aliphatic rings. The van der Waals surface area contributed by atoms with Crippen molar-refractivity contribution in [3.8, 4) is 0 Å². The van der Waals surface area contributed by atoms with Crippen molar-refractivity contribution in [1.29, 1.82) is 0 Å². The van der Waals surface area contributed by atoms with Gasteiger partial charge in [-0.2, -0.15) is 0 Å². The Balaban J connectivity index is 2.06. The molecule has 2 aromatic rings. The predicted octanol–water partition coefficient (Wildman–Crippen LogP) is 4.58. The van der Waals surface area contributed by atoms with Crippen molar-refractivity contribution in [2.24, 2.45) is 5.92 Å². The fraction of sp³-hybridized carbons (Fsp3) is 0.429. The van der Waals surface area contributed by atoms with Crippen LogP contribution in [-0.4, -0.2) is 23.1 Å². The zero-order valence-electron chi connectivity index (χ0n) is 14.6. The molecule has 0 bridgehead atoms. The Bertz CT molecular complexity index is 579. The van der Waals surface area contributed by atoms with E-state index in [-0.39, 0.29) is 0 Å². The highest BCUT2D eigenvalue weighted by molar-refractivity contribution is 5.25. The topological polar surface area (TPSA) is 23.5 Å². The standard InChI is InChI=1S/C21H29NO/c1-17(2)13-14-22(15-20-12-8-7-9-18(20)3)16-21(23)19-10-5-4-6-11-19/h4-12,17,21,23H,13-16H2,1-3H3. The third-order valence-corrected chi connectivity index (χ3v) is 4.29. The molecular formula is C21H29NO. The highest BCUT2D eigenvalue weighted by atomic mass is 16.3. The summed E-state index contributed by atoms with van der Waals surface area (Å²) < 4.78 is 0. The monoisotopic (exact) mass is 311 g/mol. The van der Waals surface area contributed by atoms with Crippen LogP contribution in [0.1, 0.15) is 43.1 Å². The summed E-state index contributed by atoms with van der Waals surface area (Å²) in [7, 11) is 0. The zero-order valence-corrected chi connectivity index (χ0v) is 14.6. The van der Waals surface area contributed by atoms with E-state index >= 15 is 0 Å². The lowest BCUT2D eigenvalue weighted by Gasteiger charge is -2.26. The molecular weight excluding hydrogens is 282 g/mol. The van der Waals surface area contributed by atoms with Gasteiger partial charge in [-0.1, -0.05) is 68.4 Å². The van der Waals surface area contributed by atoms with Gasteiger partial charge in [-0.3, -0.25) is 4.90 Å². The van der Waals surface area contributed by atoms with Crippen LogP contribution in [-0.2, 0) is 6.54 Å². The zero-order chi connectivity index (χ0) is 16.7. The number of hydrogen-bond donors (Lipinski definition) is 1. The Hall–Kier alpha value is -1.64. The lowest BCUT2D eigenvalue weighted by Crippen LogP contribution is -2.30. The molecule has 0 radical (unpaired) electrons. The molecule has 1 atom stereocenters. The number of aliphatic hydroxyl groups excluding tert-OH is 1. The largest absolute Gasteiger partial charge is 0.387 e. The van der Waals surface area contributed by atoms with E-state index in [4.69, 9.17) is 0 Å². The summed E-state index contributed by atoms with van der Waals surface area (Å²) in [6.45, 7) is 9.23. The van der Waals surface area contributed by atoms with Crippen molar-refractivity contribution >= 4 is 0 Å². The molecule has 2 aromatic carbocycles. The molecule has 0 saturated heterocycles. The van der Waals surface area contributed by atoms with Crippen molar-refractivity contribution in [3.63, 3.8) is 0 Å². The van der Waals surface area contributed by atoms with Gasteiger partial charge in [0.05, 0.1) is 6.10 Å². The maximum atomic E-state index is 10.6. The van der Waals surface area contributed by atoms with Crippen LogP contribution in [0.3, 0.4) is 0 Å². The van der Waals surface area contributed by atoms with Crippen LogP contribution in [0, 0.1) is 12.8 Å². The Morgan fingerprint density at radius 3 is 2.26 bits per heavy atom. The van der Waals surface area contributed by atoms with Crippen molar-refractivity contribution in [2.75, 3.05) is 13.1 Å². The Labute approximate surface area is 140 Å². The Morgan fingerprint density at radius 1 is 0.957 bits per heavy atom. The molecule has 0 fully saturated rings. The van der Waals surface area contributed by atoms with E-state index in [9.17, 15) is 5.11 Å². The Morgan fingerprint density at radius 2 is 1.61 bits per heavy atom. The fourth-order valence-corrected chi connectivity index (χ4v) is 2.73. The summed E-state index contributed by atoms with van der Waals surface area (Å²) in [5.74, 6) is 0.670. The van der Waals surface area contributed by atoms with Gasteiger partial charge < -0.3 is 5.11 Å². The maximum Gasteiger partial charge on any atom is 0.0917 e. The summed E-state index contributed by atoms with van der Waals surface area (Å²) in [6, 6.07) is 18.5. The minimum Gasteiger partial charge on any atom is -0.387 e. The lowest BCUT2D eigenvalue weighted by molar-refractivity contribution is 0.106. The molecule has 2 rings (SSSR count). The van der Waals surface area contributed by atoms with Crippen LogP contribution in [0.2, 0.25) is 0 Å². The third-order valence-electron chi connectivity index (χ3n) is 4.29. The minimum absolute atomic E-state index is 0.438. The number of benzene rings is 2. The van der Waals surface area contributed by atoms with Gasteiger partial charge in [0.2, 0.25) is 0 Å². The molecule has 0 aromatic heterocycles. The average molecular weight is 311 g/mol. The van der Waals surface area contributed by atoms with Crippen LogP contribution in [0.15, 0.2) is 54.6 Å². The van der Waals surface area contributed by atoms with Gasteiger partial charge in [0.1, 0.15) is 0 Å². The molecule has 0 spiro atoms. The summed E-state index contributed by atoms with van der Waals surface area (Å²) in [5, 5.41) is 10.6. The van der Waals surface area contributed by atoms with Crippen LogP contribution in [0.4, 0.5) is 0 Å². The van der Waals surface area contributed by atoms with Crippen LogP contribution < -0.4 is 0 Å². The van der Waals surface area contributed by atoms with E-state index in [1.165, 1.54) is 11.1 Å². The number of aryl methyl sites for hydroxylation is 1. The number of aliphatic hydroxyl groups is 1. The summed E-state index contributed by atoms with van der Waals surface area (Å²) in [6.07, 6.45) is 0.709. The van der Waals surface area contributed by atoms with E-state index in [1.807, 2.05) is 30.3 Å². The van der Waals surface area contributed by atoms with Gasteiger partial charge in [-0.15, -0.1) is 0 Å². The first-order chi connectivity index (χ1) is 11.1. The predicted molar refractivity (Wildman–Crippen MR) is 97.3 cm³/mol. The second-order valence-corrected chi connectivity index (χ2v) is 6.77. The number of hydrogen-bond acceptors (Lipinski definition) is 2. The molecule has 1 N–H and O–H groups in total. The summed E-state index contributed by atoms with van der Waals surface area (Å²) in [4.78, 5) is 2.38. The van der Waals surface area contributed by atoms with E-state index in [0.717, 1.165) is 25.1 Å². The average Bonchev–Trinajstić information content (AvgIpc) is 2.55. The molecule has 0 amide bonds. The Kier molecular flexibility index (Phi) is 6.82. The molecule has 0 aliphatic carbocycles. The van der Waals surface area contributed by atoms with Gasteiger partial charge in [-0.25, -0.2) is 0 Å². The summed E-state index contributed by atoms with van der Waals surface area (Å²) in [5.41, 5.74) is 3.65. The van der Waals surface area contributed by atoms with Crippen molar-refractivity contribution in [2.45, 2.75) is 39.8 Å². The van der Waals surface area contributed by atoms with Crippen molar-refractivity contribution in [1.82, 2.24) is 4.90 Å². The molecule has 0 aliphatic heterocycles. The van der Waals surface area contributed by atoms with E-state index < -0.39 is 6.10 Å². The fourth-order valence-electron chi connectivity index (χ4n) is 2.73. The second kappa shape index (κ2) is 8.85. The van der Waals surface area contributed by atoms with E-state index in [0.29, 0.717) is 12.5 Å². The quantitative estimate of drug-likeness (QED) is 0.771. The van der Waals surface area contributed by atoms with Gasteiger partial charge in [0.15, 0.2) is 0 Å². The molecule has 124 valence electrons. The minimum atomic E-state index is -0.438. The number of rotatable bonds is 8. The highest BCUT2D eigenvalue weighted by Gasteiger charge is 2.15. The van der Waals surface area contributed by atoms with Crippen LogP contribution >= 0.6 is 0 Å². The van der Waals surface area contributed by atoms with Crippen molar-refractivity contribution in [3.05, 3.63) is 71.3 Å². The number of nitrogens with zero attached hydrogens (tertiary/aromatic N) is 1. The molecule has 0 saturated carbocycles. The van der Waals surface area contributed by atoms with E-state index in [2.05, 4.69) is 49.9 Å². The van der Waals surface area contributed by atoms with E-state index in [1.54, 1.807) is 0 Å². The molecule has 1 unspecified atom stereocenters. The lowest BCUT2D eigenvalue weighted by atomic mass is 10.1. The van der Waals surface area contributed by atoms with Gasteiger partial charge >= 0.3 is 0 Å². The van der Waals surface area contributed by atoms with Gasteiger partial charge in [0, 0.05) is 13.1 Å². The normalized spacial score (nSPS) is 12.8. The third kappa shape index (κ3) is 5.81. The molecule has 0 heterocycles. The second-order valence-electron chi connectivity index (χ2n) is 6.77. The smallest absolute Gasteiger partial charge is 0.0917 e. The van der Waals surface area contributed by atoms with Crippen molar-refractivity contribution < 1.29 is 5.11 Å². The molecule has 23 heavy (non-hydrogen) atoms. The highest BCUT2D eigenvalue weighted by Crippen LogP contribution is 2.18. The van der Waals surface area contributed by atoms with Gasteiger partial charge in [-0.05, 0) is 42.5 Å². The first kappa shape index (κ1) is 17.7. The SMILES string of the molecule is Cc1ccccc1CN(CCC(C)C)CC(O)c1ccccc1.